The Morgan fingerprint density at radius 2 is 2.04 bits per heavy atom. The van der Waals surface area contributed by atoms with Crippen LogP contribution in [0.5, 0.6) is 0 Å². The van der Waals surface area contributed by atoms with E-state index in [1.54, 1.807) is 0 Å². The van der Waals surface area contributed by atoms with Gasteiger partial charge in [0.25, 0.3) is 0 Å². The fourth-order valence-electron chi connectivity index (χ4n) is 3.56. The van der Waals surface area contributed by atoms with Gasteiger partial charge in [-0.15, -0.1) is 0 Å². The molecule has 2 aromatic carbocycles. The van der Waals surface area contributed by atoms with E-state index in [-0.39, 0.29) is 0 Å². The fraction of sp³-hybridized carbons (Fsp3) is 0.286. The molecule has 4 N–H and O–H groups in total. The summed E-state index contributed by atoms with van der Waals surface area (Å²) < 4.78 is 0. The van der Waals surface area contributed by atoms with Gasteiger partial charge in [-0.05, 0) is 36.6 Å². The number of benzene rings is 2. The molecule has 0 bridgehead atoms. The number of imidazole rings is 1. The molecule has 0 saturated carbocycles. The number of nitrogens with one attached hydrogen (secondary N) is 2. The highest BCUT2D eigenvalue weighted by atomic mass is 15.2. The highest BCUT2D eigenvalue weighted by Gasteiger charge is 2.17. The summed E-state index contributed by atoms with van der Waals surface area (Å²) in [6.45, 7) is 3.11. The van der Waals surface area contributed by atoms with E-state index in [9.17, 15) is 0 Å². The van der Waals surface area contributed by atoms with Crippen LogP contribution in [-0.4, -0.2) is 29.6 Å². The van der Waals surface area contributed by atoms with Crippen molar-refractivity contribution in [2.45, 2.75) is 19.4 Å². The molecule has 0 saturated heterocycles. The molecule has 0 spiro atoms. The first-order valence-electron chi connectivity index (χ1n) is 9.24. The van der Waals surface area contributed by atoms with Gasteiger partial charge in [-0.3, -0.25) is 0 Å². The SMILES string of the molecule is NCC=CCN(Cc1nc2ccccc2[nH]1)c1cccc2c1NCCC2. The molecule has 4 rings (SSSR count). The number of hydrogen-bond acceptors (Lipinski definition) is 4. The molecule has 0 unspecified atom stereocenters. The molecular formula is C21H25N5. The van der Waals surface area contributed by atoms with Gasteiger partial charge >= 0.3 is 0 Å². The van der Waals surface area contributed by atoms with Crippen molar-refractivity contribution in [2.24, 2.45) is 5.73 Å². The predicted molar refractivity (Wildman–Crippen MR) is 109 cm³/mol. The quantitative estimate of drug-likeness (QED) is 0.598. The third-order valence-electron chi connectivity index (χ3n) is 4.80. The maximum atomic E-state index is 5.63. The molecule has 0 amide bonds. The van der Waals surface area contributed by atoms with Crippen molar-refractivity contribution in [3.63, 3.8) is 0 Å². The van der Waals surface area contributed by atoms with Gasteiger partial charge in [0.15, 0.2) is 0 Å². The molecular weight excluding hydrogens is 322 g/mol. The molecule has 0 radical (unpaired) electrons. The van der Waals surface area contributed by atoms with Crippen LogP contribution in [0.25, 0.3) is 11.0 Å². The molecule has 2 heterocycles. The Bertz CT molecular complexity index is 879. The number of hydrogen-bond donors (Lipinski definition) is 3. The van der Waals surface area contributed by atoms with Gasteiger partial charge in [-0.2, -0.15) is 0 Å². The van der Waals surface area contributed by atoms with Crippen molar-refractivity contribution in [1.29, 1.82) is 0 Å². The number of nitrogens with two attached hydrogens (primary N) is 1. The zero-order valence-electron chi connectivity index (χ0n) is 14.9. The summed E-state index contributed by atoms with van der Waals surface area (Å²) in [5, 5.41) is 3.59. The number of anilines is 2. The van der Waals surface area contributed by atoms with Crippen LogP contribution in [0.4, 0.5) is 11.4 Å². The minimum atomic E-state index is 0.559. The van der Waals surface area contributed by atoms with Crippen LogP contribution in [0.15, 0.2) is 54.6 Å². The van der Waals surface area contributed by atoms with E-state index in [0.29, 0.717) is 6.54 Å². The Balaban J connectivity index is 1.67. The second kappa shape index (κ2) is 7.62. The second-order valence-electron chi connectivity index (χ2n) is 6.63. The van der Waals surface area contributed by atoms with Gasteiger partial charge in [0.05, 0.1) is 29.0 Å². The molecule has 3 aromatic rings. The van der Waals surface area contributed by atoms with E-state index < -0.39 is 0 Å². The Hall–Kier alpha value is -2.79. The van der Waals surface area contributed by atoms with Crippen LogP contribution < -0.4 is 16.0 Å². The number of fused-ring (bicyclic) bond motifs is 2. The third-order valence-corrected chi connectivity index (χ3v) is 4.80. The van der Waals surface area contributed by atoms with Crippen LogP contribution >= 0.6 is 0 Å². The van der Waals surface area contributed by atoms with Crippen molar-refractivity contribution < 1.29 is 0 Å². The van der Waals surface area contributed by atoms with Crippen LogP contribution in [-0.2, 0) is 13.0 Å². The summed E-state index contributed by atoms with van der Waals surface area (Å²) in [5.41, 5.74) is 11.6. The molecule has 5 nitrogen and oxygen atoms in total. The number of H-pyrrole nitrogens is 1. The molecule has 1 aromatic heterocycles. The summed E-state index contributed by atoms with van der Waals surface area (Å²) >= 11 is 0. The Labute approximate surface area is 153 Å². The summed E-state index contributed by atoms with van der Waals surface area (Å²) in [5.74, 6) is 0.973. The lowest BCUT2D eigenvalue weighted by Crippen LogP contribution is -2.26. The average molecular weight is 347 g/mol. The molecule has 5 heteroatoms. The number of aryl methyl sites for hydroxylation is 1. The van der Waals surface area contributed by atoms with Gasteiger partial charge in [0, 0.05) is 19.6 Å². The Kier molecular flexibility index (Phi) is 4.88. The van der Waals surface area contributed by atoms with Crippen LogP contribution in [0.2, 0.25) is 0 Å². The first-order valence-corrected chi connectivity index (χ1v) is 9.24. The lowest BCUT2D eigenvalue weighted by molar-refractivity contribution is 0.801. The van der Waals surface area contributed by atoms with E-state index in [4.69, 9.17) is 10.7 Å². The number of aromatic nitrogens is 2. The van der Waals surface area contributed by atoms with Crippen LogP contribution in [0, 0.1) is 0 Å². The van der Waals surface area contributed by atoms with Crippen molar-refractivity contribution in [3.05, 3.63) is 66.0 Å². The summed E-state index contributed by atoms with van der Waals surface area (Å²) in [4.78, 5) is 10.5. The molecule has 1 aliphatic rings. The minimum Gasteiger partial charge on any atom is -0.383 e. The van der Waals surface area contributed by atoms with E-state index in [1.807, 2.05) is 24.3 Å². The van der Waals surface area contributed by atoms with Gasteiger partial charge in [0.1, 0.15) is 5.82 Å². The highest BCUT2D eigenvalue weighted by Crippen LogP contribution is 2.33. The zero-order chi connectivity index (χ0) is 17.8. The van der Waals surface area contributed by atoms with E-state index in [2.05, 4.69) is 45.5 Å². The lowest BCUT2D eigenvalue weighted by atomic mass is 10.0. The van der Waals surface area contributed by atoms with Gasteiger partial charge in [-0.25, -0.2) is 4.98 Å². The topological polar surface area (TPSA) is 70.0 Å². The molecule has 0 aliphatic carbocycles. The van der Waals surface area contributed by atoms with E-state index in [1.165, 1.54) is 23.4 Å². The molecule has 0 atom stereocenters. The van der Waals surface area contributed by atoms with Crippen molar-refractivity contribution in [2.75, 3.05) is 29.9 Å². The van der Waals surface area contributed by atoms with Gasteiger partial charge in [-0.1, -0.05) is 36.4 Å². The number of para-hydroxylation sites is 3. The first kappa shape index (κ1) is 16.7. The van der Waals surface area contributed by atoms with Crippen molar-refractivity contribution in [1.82, 2.24) is 9.97 Å². The fourth-order valence-corrected chi connectivity index (χ4v) is 3.56. The van der Waals surface area contributed by atoms with E-state index >= 15 is 0 Å². The van der Waals surface area contributed by atoms with Crippen LogP contribution in [0.1, 0.15) is 17.8 Å². The molecule has 26 heavy (non-hydrogen) atoms. The number of nitrogens with zero attached hydrogens (tertiary/aromatic N) is 2. The van der Waals surface area contributed by atoms with E-state index in [0.717, 1.165) is 42.9 Å². The Morgan fingerprint density at radius 3 is 2.92 bits per heavy atom. The van der Waals surface area contributed by atoms with Gasteiger partial charge in [0.2, 0.25) is 0 Å². The molecule has 0 fully saturated rings. The smallest absolute Gasteiger partial charge is 0.126 e. The molecule has 134 valence electrons. The predicted octanol–water partition coefficient (Wildman–Crippen LogP) is 3.44. The largest absolute Gasteiger partial charge is 0.383 e. The monoisotopic (exact) mass is 347 g/mol. The molecule has 1 aliphatic heterocycles. The van der Waals surface area contributed by atoms with Crippen molar-refractivity contribution >= 4 is 22.4 Å². The highest BCUT2D eigenvalue weighted by molar-refractivity contribution is 5.76. The maximum absolute atomic E-state index is 5.63. The normalized spacial score (nSPS) is 13.7. The summed E-state index contributed by atoms with van der Waals surface area (Å²) in [6.07, 6.45) is 6.46. The summed E-state index contributed by atoms with van der Waals surface area (Å²) in [6, 6.07) is 14.7. The Morgan fingerprint density at radius 1 is 1.12 bits per heavy atom. The zero-order valence-corrected chi connectivity index (χ0v) is 14.9. The van der Waals surface area contributed by atoms with Gasteiger partial charge < -0.3 is 20.9 Å². The standard InChI is InChI=1S/C21H25N5/c22-12-3-4-14-26(15-20-24-17-9-1-2-10-18(17)25-20)19-11-5-7-16-8-6-13-23-21(16)19/h1-5,7,9-11,23H,6,8,12-15,22H2,(H,24,25). The van der Waals surface area contributed by atoms with Crippen molar-refractivity contribution in [3.8, 4) is 0 Å². The third kappa shape index (κ3) is 3.44. The first-order chi connectivity index (χ1) is 12.8. The van der Waals surface area contributed by atoms with Crippen LogP contribution in [0.3, 0.4) is 0 Å². The second-order valence-corrected chi connectivity index (χ2v) is 6.63. The summed E-state index contributed by atoms with van der Waals surface area (Å²) in [7, 11) is 0. The minimum absolute atomic E-state index is 0.559. The maximum Gasteiger partial charge on any atom is 0.126 e. The average Bonchev–Trinajstić information content (AvgIpc) is 3.09. The lowest BCUT2D eigenvalue weighted by Gasteiger charge is -2.29. The number of rotatable bonds is 6. The number of aromatic amines is 1.